The zero-order valence-electron chi connectivity index (χ0n) is 11.4. The average molecular weight is 332 g/mol. The van der Waals surface area contributed by atoms with E-state index in [-0.39, 0.29) is 16.9 Å². The third-order valence-corrected chi connectivity index (χ3v) is 5.87. The lowest BCUT2D eigenvalue weighted by Gasteiger charge is -2.14. The SMILES string of the molecule is CC(C)(C)c1csc(NS(=O)(=O)c2csc(CO)c2)n1. The highest BCUT2D eigenvalue weighted by atomic mass is 32.2. The summed E-state index contributed by atoms with van der Waals surface area (Å²) < 4.78 is 26.8. The van der Waals surface area contributed by atoms with Crippen molar-refractivity contribution < 1.29 is 13.5 Å². The summed E-state index contributed by atoms with van der Waals surface area (Å²) in [4.78, 5) is 5.06. The Morgan fingerprint density at radius 2 is 2.00 bits per heavy atom. The van der Waals surface area contributed by atoms with Crippen molar-refractivity contribution in [1.82, 2.24) is 4.98 Å². The molecule has 0 saturated carbocycles. The molecular formula is C12H16N2O3S3. The lowest BCUT2D eigenvalue weighted by Crippen LogP contribution is -2.14. The predicted octanol–water partition coefficient (Wildman–Crippen LogP) is 2.80. The van der Waals surface area contributed by atoms with Gasteiger partial charge >= 0.3 is 0 Å². The molecule has 2 heterocycles. The van der Waals surface area contributed by atoms with Crippen molar-refractivity contribution in [3.05, 3.63) is 27.4 Å². The van der Waals surface area contributed by atoms with E-state index < -0.39 is 10.0 Å². The first-order valence-corrected chi connectivity index (χ1v) is 9.14. The third-order valence-electron chi connectivity index (χ3n) is 2.59. The maximum Gasteiger partial charge on any atom is 0.264 e. The summed E-state index contributed by atoms with van der Waals surface area (Å²) in [6.07, 6.45) is 0. The number of aliphatic hydroxyl groups is 1. The summed E-state index contributed by atoms with van der Waals surface area (Å²) in [5, 5.41) is 12.7. The Balaban J connectivity index is 2.22. The number of rotatable bonds is 4. The minimum atomic E-state index is -3.64. The number of nitrogens with one attached hydrogen (secondary N) is 1. The number of aromatic nitrogens is 1. The van der Waals surface area contributed by atoms with Gasteiger partial charge in [-0.2, -0.15) is 0 Å². The fourth-order valence-corrected chi connectivity index (χ4v) is 4.75. The molecule has 2 aromatic heterocycles. The fourth-order valence-electron chi connectivity index (χ4n) is 1.42. The molecule has 2 rings (SSSR count). The van der Waals surface area contributed by atoms with E-state index >= 15 is 0 Å². The van der Waals surface area contributed by atoms with Crippen LogP contribution in [0.1, 0.15) is 31.3 Å². The fraction of sp³-hybridized carbons (Fsp3) is 0.417. The van der Waals surface area contributed by atoms with Gasteiger partial charge in [0.25, 0.3) is 10.0 Å². The van der Waals surface area contributed by atoms with Gasteiger partial charge in [-0.05, 0) is 6.07 Å². The first-order valence-electron chi connectivity index (χ1n) is 5.89. The Morgan fingerprint density at radius 1 is 1.30 bits per heavy atom. The Kier molecular flexibility index (Phi) is 4.19. The van der Waals surface area contributed by atoms with E-state index in [2.05, 4.69) is 9.71 Å². The van der Waals surface area contributed by atoms with Crippen LogP contribution in [0.5, 0.6) is 0 Å². The summed E-state index contributed by atoms with van der Waals surface area (Å²) >= 11 is 2.47. The molecule has 2 N–H and O–H groups in total. The second-order valence-electron chi connectivity index (χ2n) is 5.30. The molecule has 0 spiro atoms. The van der Waals surface area contributed by atoms with E-state index in [9.17, 15) is 8.42 Å². The molecule has 0 amide bonds. The molecule has 110 valence electrons. The van der Waals surface area contributed by atoms with Crippen LogP contribution in [0.15, 0.2) is 21.7 Å². The summed E-state index contributed by atoms with van der Waals surface area (Å²) in [7, 11) is -3.64. The highest BCUT2D eigenvalue weighted by Gasteiger charge is 2.21. The number of sulfonamides is 1. The van der Waals surface area contributed by atoms with Crippen LogP contribution in [-0.2, 0) is 22.0 Å². The van der Waals surface area contributed by atoms with E-state index in [1.807, 2.05) is 26.2 Å². The summed E-state index contributed by atoms with van der Waals surface area (Å²) in [5.74, 6) is 0. The molecule has 0 fully saturated rings. The molecule has 0 aliphatic heterocycles. The molecule has 0 radical (unpaired) electrons. The lowest BCUT2D eigenvalue weighted by atomic mass is 9.93. The number of aliphatic hydroxyl groups excluding tert-OH is 1. The van der Waals surface area contributed by atoms with Crippen LogP contribution in [0.25, 0.3) is 0 Å². The van der Waals surface area contributed by atoms with Crippen molar-refractivity contribution >= 4 is 37.8 Å². The zero-order valence-corrected chi connectivity index (χ0v) is 13.8. The number of hydrogen-bond donors (Lipinski definition) is 2. The topological polar surface area (TPSA) is 79.3 Å². The number of anilines is 1. The van der Waals surface area contributed by atoms with E-state index in [0.717, 1.165) is 5.69 Å². The van der Waals surface area contributed by atoms with Crippen LogP contribution >= 0.6 is 22.7 Å². The number of nitrogens with zero attached hydrogens (tertiary/aromatic N) is 1. The molecule has 0 aromatic carbocycles. The molecule has 2 aromatic rings. The smallest absolute Gasteiger partial charge is 0.264 e. The van der Waals surface area contributed by atoms with Crippen LogP contribution in [0, 0.1) is 0 Å². The molecule has 0 aliphatic carbocycles. The van der Waals surface area contributed by atoms with Crippen LogP contribution in [0.2, 0.25) is 0 Å². The van der Waals surface area contributed by atoms with Gasteiger partial charge in [-0.1, -0.05) is 20.8 Å². The summed E-state index contributed by atoms with van der Waals surface area (Å²) in [6, 6.07) is 1.46. The second-order valence-corrected chi connectivity index (χ2v) is 8.84. The molecule has 0 aliphatic rings. The second kappa shape index (κ2) is 5.44. The third kappa shape index (κ3) is 3.38. The van der Waals surface area contributed by atoms with Gasteiger partial charge in [0, 0.05) is 21.1 Å². The van der Waals surface area contributed by atoms with Gasteiger partial charge in [-0.3, -0.25) is 4.72 Å². The largest absolute Gasteiger partial charge is 0.391 e. The predicted molar refractivity (Wildman–Crippen MR) is 81.9 cm³/mol. The van der Waals surface area contributed by atoms with Gasteiger partial charge in [-0.15, -0.1) is 22.7 Å². The molecule has 0 atom stereocenters. The Hall–Kier alpha value is -0.960. The number of hydrogen-bond acceptors (Lipinski definition) is 6. The van der Waals surface area contributed by atoms with Crippen LogP contribution in [-0.4, -0.2) is 18.5 Å². The minimum absolute atomic E-state index is 0.118. The molecule has 8 heteroatoms. The van der Waals surface area contributed by atoms with Gasteiger partial charge in [0.1, 0.15) is 0 Å². The highest BCUT2D eigenvalue weighted by Crippen LogP contribution is 2.28. The molecule has 0 saturated heterocycles. The minimum Gasteiger partial charge on any atom is -0.391 e. The quantitative estimate of drug-likeness (QED) is 0.902. The Bertz CT molecular complexity index is 696. The zero-order chi connectivity index (χ0) is 15.0. The standard InChI is InChI=1S/C12H16N2O3S3/c1-12(2,3)10-7-19-11(13-10)14-20(16,17)9-4-8(5-15)18-6-9/h4,6-7,15H,5H2,1-3H3,(H,13,14). The molecule has 5 nitrogen and oxygen atoms in total. The Labute approximate surface area is 126 Å². The molecule has 0 bridgehead atoms. The van der Waals surface area contributed by atoms with Crippen molar-refractivity contribution in [3.8, 4) is 0 Å². The number of thiophene rings is 1. The Morgan fingerprint density at radius 3 is 2.50 bits per heavy atom. The van der Waals surface area contributed by atoms with E-state index in [1.165, 1.54) is 34.1 Å². The number of thiazole rings is 1. The van der Waals surface area contributed by atoms with Crippen molar-refractivity contribution in [2.75, 3.05) is 4.72 Å². The lowest BCUT2D eigenvalue weighted by molar-refractivity contribution is 0.285. The maximum atomic E-state index is 12.2. The highest BCUT2D eigenvalue weighted by molar-refractivity contribution is 7.93. The summed E-state index contributed by atoms with van der Waals surface area (Å²) in [6.45, 7) is 5.90. The molecule has 20 heavy (non-hydrogen) atoms. The van der Waals surface area contributed by atoms with Crippen LogP contribution < -0.4 is 4.72 Å². The normalized spacial score (nSPS) is 12.6. The van der Waals surface area contributed by atoms with Gasteiger partial charge in [-0.25, -0.2) is 13.4 Å². The average Bonchev–Trinajstić information content (AvgIpc) is 2.95. The first kappa shape index (κ1) is 15.4. The van der Waals surface area contributed by atoms with Crippen molar-refractivity contribution in [2.24, 2.45) is 0 Å². The van der Waals surface area contributed by atoms with Gasteiger partial charge in [0.05, 0.1) is 17.2 Å². The van der Waals surface area contributed by atoms with E-state index in [4.69, 9.17) is 5.11 Å². The van der Waals surface area contributed by atoms with Crippen LogP contribution in [0.4, 0.5) is 5.13 Å². The van der Waals surface area contributed by atoms with E-state index in [1.54, 1.807) is 0 Å². The summed E-state index contributed by atoms with van der Waals surface area (Å²) in [5.41, 5.74) is 0.730. The van der Waals surface area contributed by atoms with Crippen molar-refractivity contribution in [3.63, 3.8) is 0 Å². The van der Waals surface area contributed by atoms with Gasteiger partial charge in [0.15, 0.2) is 5.13 Å². The first-order chi connectivity index (χ1) is 9.22. The van der Waals surface area contributed by atoms with Crippen LogP contribution in [0.3, 0.4) is 0 Å². The molecular weight excluding hydrogens is 316 g/mol. The monoisotopic (exact) mass is 332 g/mol. The van der Waals surface area contributed by atoms with E-state index in [0.29, 0.717) is 10.0 Å². The van der Waals surface area contributed by atoms with Gasteiger partial charge in [0.2, 0.25) is 0 Å². The van der Waals surface area contributed by atoms with Crippen molar-refractivity contribution in [2.45, 2.75) is 37.7 Å². The van der Waals surface area contributed by atoms with Crippen molar-refractivity contribution in [1.29, 1.82) is 0 Å². The molecule has 0 unspecified atom stereocenters. The maximum absolute atomic E-state index is 12.2. The van der Waals surface area contributed by atoms with Gasteiger partial charge < -0.3 is 5.11 Å².